The predicted molar refractivity (Wildman–Crippen MR) is 77.4 cm³/mol. The summed E-state index contributed by atoms with van der Waals surface area (Å²) in [6.07, 6.45) is 2.18. The van der Waals surface area contributed by atoms with E-state index >= 15 is 0 Å². The maximum atomic E-state index is 11.7. The molecule has 18 heavy (non-hydrogen) atoms. The molecular weight excluding hydrogens is 293 g/mol. The molecular formula is C13H15BBrNO2+. The Balaban J connectivity index is 2.47. The van der Waals surface area contributed by atoms with Crippen LogP contribution in [0.5, 0.6) is 0 Å². The molecule has 0 saturated carbocycles. The summed E-state index contributed by atoms with van der Waals surface area (Å²) >= 11 is 3.44. The number of carbonyl (C=O) groups is 1. The van der Waals surface area contributed by atoms with Gasteiger partial charge in [-0.2, -0.15) is 0 Å². The second-order valence-corrected chi connectivity index (χ2v) is 4.98. The van der Waals surface area contributed by atoms with Crippen molar-refractivity contribution in [2.45, 2.75) is 11.2 Å². The van der Waals surface area contributed by atoms with Gasteiger partial charge in [-0.3, -0.25) is 0 Å². The number of alkyl halides is 1. The molecule has 0 heterocycles. The Morgan fingerprint density at radius 2 is 2.11 bits per heavy atom. The third-order valence-electron chi connectivity index (χ3n) is 2.50. The molecule has 0 aliphatic rings. The summed E-state index contributed by atoms with van der Waals surface area (Å²) < 4.78 is 5.20. The van der Waals surface area contributed by atoms with Crippen LogP contribution in [0.3, 0.4) is 0 Å². The molecule has 0 aliphatic heterocycles. The van der Waals surface area contributed by atoms with Crippen molar-refractivity contribution < 1.29 is 14.9 Å². The van der Waals surface area contributed by atoms with E-state index in [1.807, 2.05) is 6.07 Å². The number of ether oxygens (including phenoxy) is 1. The van der Waals surface area contributed by atoms with Crippen LogP contribution in [0.1, 0.15) is 16.8 Å². The van der Waals surface area contributed by atoms with Gasteiger partial charge in [-0.25, -0.2) is 0 Å². The van der Waals surface area contributed by atoms with E-state index in [0.29, 0.717) is 12.0 Å². The molecule has 3 nitrogen and oxygen atoms in total. The third kappa shape index (κ3) is 4.57. The van der Waals surface area contributed by atoms with Crippen LogP contribution in [0.4, 0.5) is 0 Å². The standard InChI is InChI=1S/C13H14BBrNO2/c14-8-11(6-7-16)12(15)9-18-13(17)10-4-2-1-3-5-10/h1-5,7-8,11-12,16H,6,9H2/p+1/t11-,12+/m1/s1. The molecule has 0 saturated heterocycles. The summed E-state index contributed by atoms with van der Waals surface area (Å²) in [6, 6.07) is 8.86. The Bertz CT molecular complexity index is 411. The van der Waals surface area contributed by atoms with Crippen LogP contribution in [0, 0.1) is 5.92 Å². The fraction of sp³-hybridized carbons (Fsp3) is 0.308. The van der Waals surface area contributed by atoms with Gasteiger partial charge in [0.05, 0.1) is 0 Å². The van der Waals surface area contributed by atoms with E-state index < -0.39 is 0 Å². The molecule has 1 radical (unpaired) electrons. The summed E-state index contributed by atoms with van der Waals surface area (Å²) in [5.41, 5.74) is 0.538. The van der Waals surface area contributed by atoms with E-state index in [0.717, 1.165) is 0 Å². The van der Waals surface area contributed by atoms with Crippen LogP contribution in [-0.4, -0.2) is 37.1 Å². The van der Waals surface area contributed by atoms with E-state index in [-0.39, 0.29) is 23.3 Å². The number of benzene rings is 1. The molecule has 1 aromatic rings. The first kappa shape index (κ1) is 14.8. The molecule has 2 N–H and O–H groups in total. The quantitative estimate of drug-likeness (QED) is 0.343. The van der Waals surface area contributed by atoms with Crippen LogP contribution in [-0.2, 0) is 4.74 Å². The van der Waals surface area contributed by atoms with Crippen LogP contribution < -0.4 is 5.41 Å². The Morgan fingerprint density at radius 1 is 1.44 bits per heavy atom. The van der Waals surface area contributed by atoms with Gasteiger partial charge in [0.2, 0.25) is 0 Å². The van der Waals surface area contributed by atoms with Crippen molar-refractivity contribution in [3.05, 3.63) is 35.9 Å². The maximum absolute atomic E-state index is 11.7. The molecule has 93 valence electrons. The first-order chi connectivity index (χ1) is 8.69. The van der Waals surface area contributed by atoms with Gasteiger partial charge in [0.1, 0.15) is 0 Å². The molecule has 0 bridgehead atoms. The number of hydrogen-bond donors (Lipinski definition) is 1. The average Bonchev–Trinajstić information content (AvgIpc) is 2.42. The van der Waals surface area contributed by atoms with Gasteiger partial charge >= 0.3 is 116 Å². The number of esters is 1. The topological polar surface area (TPSA) is 51.9 Å². The SMILES string of the molecule is [B]=C[C@@H](CC=[NH2+])[C@@H](Br)COC(=O)c1ccccc1. The van der Waals surface area contributed by atoms with Gasteiger partial charge in [-0.1, -0.05) is 0 Å². The van der Waals surface area contributed by atoms with E-state index in [2.05, 4.69) is 15.9 Å². The van der Waals surface area contributed by atoms with Gasteiger partial charge in [0.15, 0.2) is 0 Å². The monoisotopic (exact) mass is 307 g/mol. The first-order valence-electron chi connectivity index (χ1n) is 5.63. The minimum atomic E-state index is -0.340. The van der Waals surface area contributed by atoms with Crippen molar-refractivity contribution in [2.75, 3.05) is 6.61 Å². The molecule has 0 fully saturated rings. The molecule has 5 heteroatoms. The summed E-state index contributed by atoms with van der Waals surface area (Å²) in [4.78, 5) is 11.7. The average molecular weight is 308 g/mol. The number of hydrogen-bond acceptors (Lipinski definition) is 2. The van der Waals surface area contributed by atoms with E-state index in [1.54, 1.807) is 36.4 Å². The number of nitrogens with two attached hydrogens (primary N) is 1. The van der Waals surface area contributed by atoms with Crippen molar-refractivity contribution in [3.8, 4) is 0 Å². The molecule has 0 amide bonds. The Hall–Kier alpha value is -1.23. The van der Waals surface area contributed by atoms with Crippen LogP contribution in [0.15, 0.2) is 30.3 Å². The second kappa shape index (κ2) is 7.98. The zero-order valence-electron chi connectivity index (χ0n) is 9.96. The van der Waals surface area contributed by atoms with Crippen LogP contribution in [0.2, 0.25) is 0 Å². The predicted octanol–water partition coefficient (Wildman–Crippen LogP) is 0.414. The molecule has 0 aromatic heterocycles. The molecule has 1 rings (SSSR count). The molecule has 0 unspecified atom stereocenters. The van der Waals surface area contributed by atoms with Gasteiger partial charge in [-0.05, 0) is 0 Å². The summed E-state index contributed by atoms with van der Waals surface area (Å²) in [5.74, 6) is 1.25. The molecule has 0 aliphatic carbocycles. The van der Waals surface area contributed by atoms with Crippen molar-refractivity contribution in [3.63, 3.8) is 0 Å². The van der Waals surface area contributed by atoms with Gasteiger partial charge in [-0.15, -0.1) is 0 Å². The Morgan fingerprint density at radius 3 is 2.67 bits per heavy atom. The fourth-order valence-electron chi connectivity index (χ4n) is 1.44. The van der Waals surface area contributed by atoms with Crippen molar-refractivity contribution in [1.82, 2.24) is 0 Å². The first-order valence-corrected chi connectivity index (χ1v) is 6.55. The summed E-state index contributed by atoms with van der Waals surface area (Å²) in [6.45, 7) is 0.250. The molecule has 0 spiro atoms. The van der Waals surface area contributed by atoms with Crippen LogP contribution in [0.25, 0.3) is 0 Å². The molecule has 2 atom stereocenters. The summed E-state index contributed by atoms with van der Waals surface area (Å²) in [7, 11) is 5.51. The van der Waals surface area contributed by atoms with Crippen molar-refractivity contribution in [1.29, 1.82) is 0 Å². The minimum absolute atomic E-state index is 0.0403. The number of rotatable bonds is 7. The Kier molecular flexibility index (Phi) is 6.58. The second-order valence-electron chi connectivity index (χ2n) is 3.81. The van der Waals surface area contributed by atoms with Gasteiger partial charge < -0.3 is 0 Å². The number of halogens is 1. The summed E-state index contributed by atoms with van der Waals surface area (Å²) in [5, 5.41) is 5.36. The zero-order chi connectivity index (χ0) is 13.4. The molecule has 1 aromatic carbocycles. The zero-order valence-corrected chi connectivity index (χ0v) is 11.5. The van der Waals surface area contributed by atoms with Gasteiger partial charge in [0, 0.05) is 0 Å². The Labute approximate surface area is 116 Å². The van der Waals surface area contributed by atoms with E-state index in [1.165, 1.54) is 0 Å². The third-order valence-corrected chi connectivity index (χ3v) is 3.45. The van der Waals surface area contributed by atoms with Crippen molar-refractivity contribution in [2.24, 2.45) is 5.92 Å². The van der Waals surface area contributed by atoms with E-state index in [4.69, 9.17) is 17.6 Å². The van der Waals surface area contributed by atoms with Crippen LogP contribution >= 0.6 is 15.9 Å². The van der Waals surface area contributed by atoms with Crippen molar-refractivity contribution >= 4 is 41.6 Å². The fourth-order valence-corrected chi connectivity index (χ4v) is 1.96. The normalized spacial score (nSPS) is 13.3. The number of carbonyl (C=O) groups excluding carboxylic acids is 1. The van der Waals surface area contributed by atoms with E-state index in [9.17, 15) is 4.79 Å². The van der Waals surface area contributed by atoms with Gasteiger partial charge in [0.25, 0.3) is 0 Å².